The van der Waals surface area contributed by atoms with Gasteiger partial charge in [0.15, 0.2) is 25.2 Å². The lowest BCUT2D eigenvalue weighted by Gasteiger charge is -2.22. The molecule has 0 aromatic heterocycles. The van der Waals surface area contributed by atoms with Gasteiger partial charge in [0.25, 0.3) is 0 Å². The van der Waals surface area contributed by atoms with Gasteiger partial charge in [0.05, 0.1) is 13.2 Å². The molecule has 2 unspecified atom stereocenters. The lowest BCUT2D eigenvalue weighted by atomic mass is 10.1. The largest absolute Gasteiger partial charge is 0.353 e. The van der Waals surface area contributed by atoms with E-state index in [2.05, 4.69) is 65.8 Å². The van der Waals surface area contributed by atoms with Crippen LogP contribution < -0.4 is 0 Å². The van der Waals surface area contributed by atoms with Crippen molar-refractivity contribution in [2.75, 3.05) is 39.6 Å². The van der Waals surface area contributed by atoms with E-state index < -0.39 is 12.6 Å². The highest BCUT2D eigenvalue weighted by atomic mass is 16.8. The predicted molar refractivity (Wildman–Crippen MR) is 243 cm³/mol. The Bertz CT molecular complexity index is 714. The zero-order valence-electron chi connectivity index (χ0n) is 38.9. The van der Waals surface area contributed by atoms with Gasteiger partial charge in [-0.3, -0.25) is 0 Å². The number of hydrogen-bond donors (Lipinski definition) is 0. The molecule has 0 N–H and O–H groups in total. The van der Waals surface area contributed by atoms with E-state index in [1.165, 1.54) is 89.9 Å². The maximum Gasteiger partial charge on any atom is 0.180 e. The molecule has 7 nitrogen and oxygen atoms in total. The third-order valence-corrected chi connectivity index (χ3v) is 10.2. The molecule has 7 heteroatoms. The molecule has 0 radical (unpaired) electrons. The third-order valence-electron chi connectivity index (χ3n) is 10.2. The highest BCUT2D eigenvalue weighted by Gasteiger charge is 2.15. The molecule has 2 atom stereocenters. The Morgan fingerprint density at radius 3 is 0.895 bits per heavy atom. The molecule has 0 saturated heterocycles. The van der Waals surface area contributed by atoms with Crippen molar-refractivity contribution in [3.8, 4) is 0 Å². The molecule has 0 saturated carbocycles. The van der Waals surface area contributed by atoms with Gasteiger partial charge in [-0.15, -0.1) is 0 Å². The Hall–Kier alpha value is -0.800. The Morgan fingerprint density at radius 1 is 0.298 bits per heavy atom. The van der Waals surface area contributed by atoms with Crippen molar-refractivity contribution in [2.24, 2.45) is 0 Å². The monoisotopic (exact) mass is 811 g/mol. The molecule has 0 rings (SSSR count). The summed E-state index contributed by atoms with van der Waals surface area (Å²) in [5, 5.41) is 0. The minimum Gasteiger partial charge on any atom is -0.353 e. The van der Waals surface area contributed by atoms with Gasteiger partial charge in [0.2, 0.25) is 0 Å². The molecule has 0 heterocycles. The molecular formula is C50H98O7. The lowest BCUT2D eigenvalue weighted by Crippen LogP contribution is -2.25. The SMILES string of the molecule is CCCCCCOC(CCCCC=CC(OCCCCC)OC(C=CCCCCC(OCCCCCC)OCCCCCC)OCCCCC)OCCCCCC. The van der Waals surface area contributed by atoms with Crippen LogP contribution in [0, 0.1) is 0 Å². The molecule has 0 aromatic carbocycles. The van der Waals surface area contributed by atoms with Crippen LogP contribution in [-0.4, -0.2) is 64.8 Å². The van der Waals surface area contributed by atoms with Crippen LogP contribution in [-0.2, 0) is 33.2 Å². The van der Waals surface area contributed by atoms with Crippen LogP contribution in [0.4, 0.5) is 0 Å². The first kappa shape index (κ1) is 56.2. The van der Waals surface area contributed by atoms with Gasteiger partial charge in [-0.25, -0.2) is 0 Å². The molecule has 57 heavy (non-hydrogen) atoms. The normalized spacial score (nSPS) is 13.3. The average Bonchev–Trinajstić information content (AvgIpc) is 3.22. The third kappa shape index (κ3) is 41.7. The first-order valence-corrected chi connectivity index (χ1v) is 24.8. The van der Waals surface area contributed by atoms with Crippen LogP contribution in [0.3, 0.4) is 0 Å². The molecule has 0 amide bonds. The minimum atomic E-state index is -0.432. The highest BCUT2D eigenvalue weighted by Crippen LogP contribution is 2.16. The predicted octanol–water partition coefficient (Wildman–Crippen LogP) is 15.3. The van der Waals surface area contributed by atoms with E-state index in [9.17, 15) is 0 Å². The van der Waals surface area contributed by atoms with Crippen molar-refractivity contribution >= 4 is 0 Å². The maximum atomic E-state index is 6.49. The van der Waals surface area contributed by atoms with Crippen molar-refractivity contribution < 1.29 is 33.2 Å². The average molecular weight is 811 g/mol. The van der Waals surface area contributed by atoms with E-state index in [-0.39, 0.29) is 12.6 Å². The summed E-state index contributed by atoms with van der Waals surface area (Å²) in [5.74, 6) is 0. The van der Waals surface area contributed by atoms with E-state index in [1.807, 2.05) is 0 Å². The second-order valence-corrected chi connectivity index (χ2v) is 16.0. The summed E-state index contributed by atoms with van der Waals surface area (Å²) in [4.78, 5) is 0. The molecule has 0 fully saturated rings. The first-order valence-electron chi connectivity index (χ1n) is 24.8. The summed E-state index contributed by atoms with van der Waals surface area (Å²) >= 11 is 0. The molecule has 340 valence electrons. The molecule has 0 spiro atoms. The van der Waals surface area contributed by atoms with Gasteiger partial charge >= 0.3 is 0 Å². The lowest BCUT2D eigenvalue weighted by molar-refractivity contribution is -0.208. The van der Waals surface area contributed by atoms with E-state index in [0.29, 0.717) is 13.2 Å². The fraction of sp³-hybridized carbons (Fsp3) is 0.920. The van der Waals surface area contributed by atoms with Crippen molar-refractivity contribution in [3.05, 3.63) is 24.3 Å². The summed E-state index contributed by atoms with van der Waals surface area (Å²) in [5.41, 5.74) is 0. The van der Waals surface area contributed by atoms with Crippen LogP contribution in [0.2, 0.25) is 0 Å². The van der Waals surface area contributed by atoms with Crippen LogP contribution in [0.5, 0.6) is 0 Å². The smallest absolute Gasteiger partial charge is 0.180 e. The van der Waals surface area contributed by atoms with E-state index >= 15 is 0 Å². The Kier molecular flexibility index (Phi) is 47.2. The summed E-state index contributed by atoms with van der Waals surface area (Å²) in [6.45, 7) is 18.0. The fourth-order valence-corrected chi connectivity index (χ4v) is 6.48. The molecule has 0 aliphatic carbocycles. The topological polar surface area (TPSA) is 64.6 Å². The fourth-order valence-electron chi connectivity index (χ4n) is 6.48. The minimum absolute atomic E-state index is 0.0867. The van der Waals surface area contributed by atoms with Gasteiger partial charge in [0.1, 0.15) is 0 Å². The first-order chi connectivity index (χ1) is 28.1. The molecule has 0 bridgehead atoms. The Labute approximate surface area is 355 Å². The van der Waals surface area contributed by atoms with Gasteiger partial charge in [-0.05, 0) is 102 Å². The van der Waals surface area contributed by atoms with Crippen molar-refractivity contribution in [1.82, 2.24) is 0 Å². The van der Waals surface area contributed by atoms with Crippen molar-refractivity contribution in [1.29, 1.82) is 0 Å². The van der Waals surface area contributed by atoms with Crippen molar-refractivity contribution in [2.45, 2.75) is 259 Å². The van der Waals surface area contributed by atoms with E-state index in [1.54, 1.807) is 0 Å². The van der Waals surface area contributed by atoms with Gasteiger partial charge in [-0.1, -0.05) is 156 Å². The zero-order chi connectivity index (χ0) is 41.5. The number of allylic oxidation sites excluding steroid dienone is 2. The maximum absolute atomic E-state index is 6.49. The summed E-state index contributed by atoms with van der Waals surface area (Å²) in [7, 11) is 0. The number of rotatable bonds is 48. The standard InChI is InChI=1S/C50H98O7/c1-7-13-19-33-43-51-47(52-44-34-20-14-8-2)37-27-23-25-29-39-49(55-41-31-17-11-5)57-50(56-42-32-18-12-6)40-30-26-24-28-38-48(53-45-35-21-15-9-3)54-46-36-22-16-10-4/h29-30,39-40,47-50H,7-28,31-38,41-46H2,1-6H3. The van der Waals surface area contributed by atoms with Crippen molar-refractivity contribution in [3.63, 3.8) is 0 Å². The molecule has 0 aliphatic heterocycles. The van der Waals surface area contributed by atoms with Crippen LogP contribution in [0.15, 0.2) is 24.3 Å². The zero-order valence-corrected chi connectivity index (χ0v) is 38.9. The number of ether oxygens (including phenoxy) is 7. The van der Waals surface area contributed by atoms with Gasteiger partial charge < -0.3 is 33.2 Å². The number of unbranched alkanes of at least 4 members (excludes halogenated alkanes) is 20. The second-order valence-electron chi connectivity index (χ2n) is 16.0. The van der Waals surface area contributed by atoms with Crippen LogP contribution in [0.25, 0.3) is 0 Å². The van der Waals surface area contributed by atoms with E-state index in [0.717, 1.165) is 129 Å². The van der Waals surface area contributed by atoms with Gasteiger partial charge in [-0.2, -0.15) is 0 Å². The molecule has 0 aliphatic rings. The Balaban J connectivity index is 5.14. The number of hydrogen-bond acceptors (Lipinski definition) is 7. The van der Waals surface area contributed by atoms with Crippen LogP contribution in [0.1, 0.15) is 234 Å². The second kappa shape index (κ2) is 47.9. The Morgan fingerprint density at radius 2 is 0.579 bits per heavy atom. The van der Waals surface area contributed by atoms with Gasteiger partial charge in [0, 0.05) is 26.4 Å². The van der Waals surface area contributed by atoms with Crippen LogP contribution >= 0.6 is 0 Å². The summed E-state index contributed by atoms with van der Waals surface area (Å²) in [6, 6.07) is 0. The molecule has 0 aromatic rings. The quantitative estimate of drug-likeness (QED) is 0.0344. The highest BCUT2D eigenvalue weighted by molar-refractivity contribution is 4.90. The summed E-state index contributed by atoms with van der Waals surface area (Å²) < 4.78 is 43.8. The van der Waals surface area contributed by atoms with E-state index in [4.69, 9.17) is 33.2 Å². The molecular weight excluding hydrogens is 713 g/mol. The summed E-state index contributed by atoms with van der Waals surface area (Å²) in [6.07, 6.45) is 42.0.